The van der Waals surface area contributed by atoms with Gasteiger partial charge in [-0.3, -0.25) is 9.69 Å². The van der Waals surface area contributed by atoms with Gasteiger partial charge in [-0.15, -0.1) is 0 Å². The highest BCUT2D eigenvalue weighted by Gasteiger charge is 2.41. The van der Waals surface area contributed by atoms with E-state index in [9.17, 15) is 13.6 Å². The zero-order valence-corrected chi connectivity index (χ0v) is 10.9. The summed E-state index contributed by atoms with van der Waals surface area (Å²) in [4.78, 5) is 13.8. The summed E-state index contributed by atoms with van der Waals surface area (Å²) in [7, 11) is 0. The van der Waals surface area contributed by atoms with Crippen LogP contribution in [0.4, 0.5) is 8.78 Å². The van der Waals surface area contributed by atoms with E-state index in [-0.39, 0.29) is 17.6 Å². The molecule has 20 heavy (non-hydrogen) atoms. The first-order valence-corrected chi connectivity index (χ1v) is 6.65. The highest BCUT2D eigenvalue weighted by molar-refractivity contribution is 5.81. The number of carbonyl (C=O) groups excluding carboxylic acids is 1. The van der Waals surface area contributed by atoms with Crippen molar-refractivity contribution in [1.82, 2.24) is 10.2 Å². The molecule has 1 aromatic rings. The zero-order valence-electron chi connectivity index (χ0n) is 10.9. The third-order valence-electron chi connectivity index (χ3n) is 3.92. The molecule has 2 aliphatic rings. The van der Waals surface area contributed by atoms with Crippen molar-refractivity contribution in [3.63, 3.8) is 0 Å². The first-order valence-electron chi connectivity index (χ1n) is 6.65. The Labute approximate surface area is 115 Å². The van der Waals surface area contributed by atoms with Gasteiger partial charge in [0.25, 0.3) is 0 Å². The summed E-state index contributed by atoms with van der Waals surface area (Å²) in [5.74, 6) is 0.764. The average Bonchev–Trinajstić information content (AvgIpc) is 2.92. The Morgan fingerprint density at radius 1 is 1.40 bits per heavy atom. The number of hydrogen-bond donors (Lipinski definition) is 1. The Morgan fingerprint density at radius 3 is 3.00 bits per heavy atom. The molecular formula is C14H16F2N2O2. The van der Waals surface area contributed by atoms with E-state index >= 15 is 0 Å². The third kappa shape index (κ3) is 2.75. The minimum absolute atomic E-state index is 0.0792. The number of hydrogen-bond acceptors (Lipinski definition) is 3. The van der Waals surface area contributed by atoms with Crippen LogP contribution in [-0.4, -0.2) is 37.1 Å². The van der Waals surface area contributed by atoms with Gasteiger partial charge < -0.3 is 10.1 Å². The topological polar surface area (TPSA) is 41.6 Å². The SMILES string of the molecule is O=C1NC[C@H]2CN(Cc3cccc(OC(F)F)c3)C[C@@H]12. The first-order chi connectivity index (χ1) is 9.61. The lowest BCUT2D eigenvalue weighted by molar-refractivity contribution is -0.122. The number of ether oxygens (including phenoxy) is 1. The molecule has 0 unspecified atom stereocenters. The molecular weight excluding hydrogens is 266 g/mol. The lowest BCUT2D eigenvalue weighted by Gasteiger charge is -2.17. The molecule has 108 valence electrons. The van der Waals surface area contributed by atoms with Gasteiger partial charge in [0.2, 0.25) is 5.91 Å². The van der Waals surface area contributed by atoms with Gasteiger partial charge in [0, 0.05) is 32.1 Å². The molecule has 1 amide bonds. The van der Waals surface area contributed by atoms with Gasteiger partial charge in [0.05, 0.1) is 5.92 Å². The molecule has 0 saturated carbocycles. The van der Waals surface area contributed by atoms with Crippen LogP contribution < -0.4 is 10.1 Å². The highest BCUT2D eigenvalue weighted by atomic mass is 19.3. The summed E-state index contributed by atoms with van der Waals surface area (Å²) in [6.45, 7) is 0.190. The van der Waals surface area contributed by atoms with Crippen molar-refractivity contribution in [1.29, 1.82) is 0 Å². The van der Waals surface area contributed by atoms with Gasteiger partial charge in [0.15, 0.2) is 0 Å². The van der Waals surface area contributed by atoms with Gasteiger partial charge in [-0.25, -0.2) is 0 Å². The molecule has 3 rings (SSSR count). The van der Waals surface area contributed by atoms with E-state index in [0.29, 0.717) is 12.5 Å². The van der Waals surface area contributed by atoms with Crippen LogP contribution in [0.15, 0.2) is 24.3 Å². The van der Waals surface area contributed by atoms with Crippen molar-refractivity contribution < 1.29 is 18.3 Å². The molecule has 6 heteroatoms. The van der Waals surface area contributed by atoms with Gasteiger partial charge in [-0.2, -0.15) is 8.78 Å². The molecule has 0 radical (unpaired) electrons. The Kier molecular flexibility index (Phi) is 3.56. The van der Waals surface area contributed by atoms with Crippen molar-refractivity contribution in [2.24, 2.45) is 11.8 Å². The van der Waals surface area contributed by atoms with Crippen molar-refractivity contribution in [2.75, 3.05) is 19.6 Å². The first kappa shape index (κ1) is 13.3. The minimum atomic E-state index is -2.81. The fourth-order valence-electron chi connectivity index (χ4n) is 3.03. The van der Waals surface area contributed by atoms with Crippen molar-refractivity contribution in [3.8, 4) is 5.75 Å². The molecule has 1 aromatic carbocycles. The molecule has 2 atom stereocenters. The summed E-state index contributed by atoms with van der Waals surface area (Å²) in [5.41, 5.74) is 0.920. The molecule has 4 nitrogen and oxygen atoms in total. The second kappa shape index (κ2) is 5.36. The van der Waals surface area contributed by atoms with E-state index < -0.39 is 6.61 Å². The summed E-state index contributed by atoms with van der Waals surface area (Å²) in [5, 5.41) is 2.87. The quantitative estimate of drug-likeness (QED) is 0.909. The summed E-state index contributed by atoms with van der Waals surface area (Å²) in [6.07, 6.45) is 0. The maximum absolute atomic E-state index is 12.2. The molecule has 2 fully saturated rings. The number of alkyl halides is 2. The lowest BCUT2D eigenvalue weighted by atomic mass is 10.0. The van der Waals surface area contributed by atoms with E-state index in [2.05, 4.69) is 15.0 Å². The van der Waals surface area contributed by atoms with Gasteiger partial charge in [-0.05, 0) is 17.7 Å². The number of amides is 1. The van der Waals surface area contributed by atoms with Crippen molar-refractivity contribution in [2.45, 2.75) is 13.2 Å². The predicted molar refractivity (Wildman–Crippen MR) is 68.3 cm³/mol. The molecule has 0 aromatic heterocycles. The number of benzene rings is 1. The normalized spacial score (nSPS) is 25.9. The van der Waals surface area contributed by atoms with Crippen LogP contribution in [0.5, 0.6) is 5.75 Å². The third-order valence-corrected chi connectivity index (χ3v) is 3.92. The van der Waals surface area contributed by atoms with Crippen molar-refractivity contribution >= 4 is 5.91 Å². The smallest absolute Gasteiger partial charge is 0.387 e. The van der Waals surface area contributed by atoms with Gasteiger partial charge in [-0.1, -0.05) is 12.1 Å². The monoisotopic (exact) mass is 282 g/mol. The molecule has 2 heterocycles. The molecule has 2 aliphatic heterocycles. The lowest BCUT2D eigenvalue weighted by Crippen LogP contribution is -2.28. The number of nitrogens with zero attached hydrogens (tertiary/aromatic N) is 1. The standard InChI is InChI=1S/C14H16F2N2O2/c15-14(16)20-11-3-1-2-9(4-11)6-18-7-10-5-17-13(19)12(10)8-18/h1-4,10,12,14H,5-8H2,(H,17,19)/t10-,12+/m0/s1. The fourth-order valence-corrected chi connectivity index (χ4v) is 3.03. The van der Waals surface area contributed by atoms with Crippen LogP contribution in [0.2, 0.25) is 0 Å². The number of likely N-dealkylation sites (tertiary alicyclic amines) is 1. The number of fused-ring (bicyclic) bond motifs is 1. The zero-order chi connectivity index (χ0) is 14.1. The predicted octanol–water partition coefficient (Wildman–Crippen LogP) is 1.47. The molecule has 0 bridgehead atoms. The number of nitrogens with one attached hydrogen (secondary N) is 1. The molecule has 0 spiro atoms. The maximum Gasteiger partial charge on any atom is 0.387 e. The minimum Gasteiger partial charge on any atom is -0.435 e. The number of rotatable bonds is 4. The second-order valence-electron chi connectivity index (χ2n) is 5.33. The Bertz CT molecular complexity index is 510. The van der Waals surface area contributed by atoms with Gasteiger partial charge >= 0.3 is 6.61 Å². The summed E-state index contributed by atoms with van der Waals surface area (Å²) >= 11 is 0. The van der Waals surface area contributed by atoms with E-state index in [1.165, 1.54) is 6.07 Å². The van der Waals surface area contributed by atoms with Crippen LogP contribution in [0.3, 0.4) is 0 Å². The molecule has 0 aliphatic carbocycles. The Balaban J connectivity index is 1.62. The van der Waals surface area contributed by atoms with E-state index in [1.54, 1.807) is 12.1 Å². The number of halogens is 2. The highest BCUT2D eigenvalue weighted by Crippen LogP contribution is 2.28. The summed E-state index contributed by atoms with van der Waals surface area (Å²) < 4.78 is 28.8. The van der Waals surface area contributed by atoms with E-state index in [0.717, 1.165) is 25.2 Å². The van der Waals surface area contributed by atoms with Crippen LogP contribution >= 0.6 is 0 Å². The van der Waals surface area contributed by atoms with E-state index in [4.69, 9.17) is 0 Å². The average molecular weight is 282 g/mol. The van der Waals surface area contributed by atoms with Crippen LogP contribution in [0, 0.1) is 11.8 Å². The molecule has 2 saturated heterocycles. The van der Waals surface area contributed by atoms with E-state index in [1.807, 2.05) is 6.07 Å². The van der Waals surface area contributed by atoms with Crippen LogP contribution in [0.1, 0.15) is 5.56 Å². The fraction of sp³-hybridized carbons (Fsp3) is 0.500. The summed E-state index contributed by atoms with van der Waals surface area (Å²) in [6, 6.07) is 6.73. The number of carbonyl (C=O) groups is 1. The van der Waals surface area contributed by atoms with Crippen LogP contribution in [-0.2, 0) is 11.3 Å². The Morgan fingerprint density at radius 2 is 2.25 bits per heavy atom. The van der Waals surface area contributed by atoms with Crippen LogP contribution in [0.25, 0.3) is 0 Å². The largest absolute Gasteiger partial charge is 0.435 e. The second-order valence-corrected chi connectivity index (χ2v) is 5.33. The van der Waals surface area contributed by atoms with Crippen molar-refractivity contribution in [3.05, 3.63) is 29.8 Å². The maximum atomic E-state index is 12.2. The van der Waals surface area contributed by atoms with Gasteiger partial charge in [0.1, 0.15) is 5.75 Å². The Hall–Kier alpha value is -1.69. The molecule has 1 N–H and O–H groups in total.